The zero-order valence-electron chi connectivity index (χ0n) is 17.9. The van der Waals surface area contributed by atoms with E-state index in [-0.39, 0.29) is 22.9 Å². The first-order valence-electron chi connectivity index (χ1n) is 9.49. The van der Waals surface area contributed by atoms with Crippen molar-refractivity contribution in [3.05, 3.63) is 42.0 Å². The second kappa shape index (κ2) is 10.3. The molecule has 8 nitrogen and oxygen atoms in total. The van der Waals surface area contributed by atoms with Gasteiger partial charge in [0.15, 0.2) is 0 Å². The Hall–Kier alpha value is -2.78. The number of hydrogen-bond donors (Lipinski definition) is 1. The monoisotopic (exact) mass is 436 g/mol. The number of hydrogen-bond acceptors (Lipinski definition) is 6. The van der Waals surface area contributed by atoms with Crippen molar-refractivity contribution in [2.45, 2.75) is 25.2 Å². The molecule has 0 atom stereocenters. The van der Waals surface area contributed by atoms with Gasteiger partial charge in [-0.25, -0.2) is 8.42 Å². The molecule has 0 aliphatic rings. The predicted octanol–water partition coefficient (Wildman–Crippen LogP) is 2.92. The Morgan fingerprint density at radius 2 is 1.60 bits per heavy atom. The Morgan fingerprint density at radius 3 is 2.17 bits per heavy atom. The van der Waals surface area contributed by atoms with Gasteiger partial charge in [-0.1, -0.05) is 19.9 Å². The summed E-state index contributed by atoms with van der Waals surface area (Å²) in [6, 6.07) is 9.59. The molecule has 0 unspecified atom stereocenters. The molecule has 1 N–H and O–H groups in total. The molecule has 0 saturated carbocycles. The van der Waals surface area contributed by atoms with Crippen LogP contribution in [-0.4, -0.2) is 53.0 Å². The first-order valence-corrected chi connectivity index (χ1v) is 10.9. The summed E-state index contributed by atoms with van der Waals surface area (Å²) in [5, 5.41) is 2.74. The Kier molecular flexibility index (Phi) is 8.08. The molecule has 30 heavy (non-hydrogen) atoms. The highest BCUT2D eigenvalue weighted by molar-refractivity contribution is 7.89. The number of sulfonamides is 1. The van der Waals surface area contributed by atoms with Crippen molar-refractivity contribution < 1.29 is 27.4 Å². The molecular formula is C21H28N2O6S. The van der Waals surface area contributed by atoms with Gasteiger partial charge in [0, 0.05) is 24.7 Å². The number of ether oxygens (including phenoxy) is 3. The van der Waals surface area contributed by atoms with Gasteiger partial charge in [-0.15, -0.1) is 0 Å². The largest absolute Gasteiger partial charge is 0.497 e. The van der Waals surface area contributed by atoms with Crippen LogP contribution in [0.5, 0.6) is 17.2 Å². The van der Waals surface area contributed by atoms with E-state index in [9.17, 15) is 13.2 Å². The zero-order chi connectivity index (χ0) is 22.3. The summed E-state index contributed by atoms with van der Waals surface area (Å²) in [6.07, 6.45) is 0.0311. The molecule has 0 heterocycles. The van der Waals surface area contributed by atoms with E-state index < -0.39 is 10.0 Å². The van der Waals surface area contributed by atoms with Crippen molar-refractivity contribution in [3.8, 4) is 17.2 Å². The standard InChI is InChI=1S/C21H28N2O6S/c1-6-23(7-2)30(25,26)17-10-11-19(28-4)18(14-17)22-21(24)12-15-8-9-16(27-3)13-20(15)29-5/h8-11,13-14H,6-7,12H2,1-5H3,(H,22,24). The minimum Gasteiger partial charge on any atom is -0.497 e. The number of nitrogens with one attached hydrogen (secondary N) is 1. The number of amides is 1. The molecule has 0 bridgehead atoms. The summed E-state index contributed by atoms with van der Waals surface area (Å²) in [5.74, 6) is 1.17. The number of anilines is 1. The van der Waals surface area contributed by atoms with Crippen molar-refractivity contribution in [2.75, 3.05) is 39.7 Å². The maximum Gasteiger partial charge on any atom is 0.243 e. The van der Waals surface area contributed by atoms with E-state index in [2.05, 4.69) is 5.32 Å². The lowest BCUT2D eigenvalue weighted by Gasteiger charge is -2.19. The van der Waals surface area contributed by atoms with E-state index >= 15 is 0 Å². The van der Waals surface area contributed by atoms with Gasteiger partial charge in [-0.05, 0) is 24.3 Å². The summed E-state index contributed by atoms with van der Waals surface area (Å²) in [6.45, 7) is 4.25. The average Bonchev–Trinajstić information content (AvgIpc) is 2.74. The number of rotatable bonds is 10. The Balaban J connectivity index is 2.30. The molecular weight excluding hydrogens is 408 g/mol. The van der Waals surface area contributed by atoms with E-state index in [1.807, 2.05) is 0 Å². The van der Waals surface area contributed by atoms with Gasteiger partial charge in [0.1, 0.15) is 17.2 Å². The van der Waals surface area contributed by atoms with Gasteiger partial charge in [-0.3, -0.25) is 4.79 Å². The predicted molar refractivity (Wildman–Crippen MR) is 115 cm³/mol. The first kappa shape index (κ1) is 23.5. The SMILES string of the molecule is CCN(CC)S(=O)(=O)c1ccc(OC)c(NC(=O)Cc2ccc(OC)cc2OC)c1. The fraction of sp³-hybridized carbons (Fsp3) is 0.381. The quantitative estimate of drug-likeness (QED) is 0.615. The Bertz CT molecular complexity index is 987. The maximum absolute atomic E-state index is 12.8. The highest BCUT2D eigenvalue weighted by Crippen LogP contribution is 2.30. The van der Waals surface area contributed by atoms with Gasteiger partial charge < -0.3 is 19.5 Å². The summed E-state index contributed by atoms with van der Waals surface area (Å²) < 4.78 is 42.8. The van der Waals surface area contributed by atoms with Crippen LogP contribution in [0.1, 0.15) is 19.4 Å². The molecule has 0 radical (unpaired) electrons. The highest BCUT2D eigenvalue weighted by Gasteiger charge is 2.23. The molecule has 0 aliphatic carbocycles. The van der Waals surface area contributed by atoms with Crippen LogP contribution in [0.15, 0.2) is 41.3 Å². The average molecular weight is 437 g/mol. The van der Waals surface area contributed by atoms with Gasteiger partial charge >= 0.3 is 0 Å². The van der Waals surface area contributed by atoms with E-state index in [0.29, 0.717) is 35.9 Å². The van der Waals surface area contributed by atoms with Crippen molar-refractivity contribution in [3.63, 3.8) is 0 Å². The molecule has 0 spiro atoms. The van der Waals surface area contributed by atoms with Crippen molar-refractivity contribution >= 4 is 21.6 Å². The van der Waals surface area contributed by atoms with Crippen molar-refractivity contribution in [1.82, 2.24) is 4.31 Å². The van der Waals surface area contributed by atoms with Crippen molar-refractivity contribution in [2.24, 2.45) is 0 Å². The fourth-order valence-electron chi connectivity index (χ4n) is 3.02. The summed E-state index contributed by atoms with van der Waals surface area (Å²) in [5.41, 5.74) is 0.949. The zero-order valence-corrected chi connectivity index (χ0v) is 18.7. The molecule has 164 valence electrons. The van der Waals surface area contributed by atoms with Crippen LogP contribution < -0.4 is 19.5 Å². The van der Waals surface area contributed by atoms with E-state index in [4.69, 9.17) is 14.2 Å². The van der Waals surface area contributed by atoms with Crippen LogP contribution in [0, 0.1) is 0 Å². The first-order chi connectivity index (χ1) is 14.3. The van der Waals surface area contributed by atoms with Crippen molar-refractivity contribution in [1.29, 1.82) is 0 Å². The van der Waals surface area contributed by atoms with Gasteiger partial charge in [0.05, 0.1) is 38.3 Å². The highest BCUT2D eigenvalue weighted by atomic mass is 32.2. The lowest BCUT2D eigenvalue weighted by atomic mass is 10.1. The summed E-state index contributed by atoms with van der Waals surface area (Å²) in [4.78, 5) is 12.8. The molecule has 2 rings (SSSR count). The Morgan fingerprint density at radius 1 is 0.933 bits per heavy atom. The molecule has 9 heteroatoms. The number of carbonyl (C=O) groups excluding carboxylic acids is 1. The molecule has 0 fully saturated rings. The summed E-state index contributed by atoms with van der Waals surface area (Å²) in [7, 11) is 0.848. The topological polar surface area (TPSA) is 94.2 Å². The third-order valence-electron chi connectivity index (χ3n) is 4.63. The molecule has 1 amide bonds. The minimum atomic E-state index is -3.67. The van der Waals surface area contributed by atoms with Crippen LogP contribution in [0.25, 0.3) is 0 Å². The molecule has 2 aromatic rings. The third-order valence-corrected chi connectivity index (χ3v) is 6.68. The van der Waals surface area contributed by atoms with Crippen LogP contribution in [-0.2, 0) is 21.2 Å². The summed E-state index contributed by atoms with van der Waals surface area (Å²) >= 11 is 0. The Labute approximate surface area is 177 Å². The lowest BCUT2D eigenvalue weighted by Crippen LogP contribution is -2.30. The third kappa shape index (κ3) is 5.22. The van der Waals surface area contributed by atoms with Crippen LogP contribution >= 0.6 is 0 Å². The number of benzene rings is 2. The second-order valence-corrected chi connectivity index (χ2v) is 8.29. The van der Waals surface area contributed by atoms with E-state index in [1.165, 1.54) is 36.7 Å². The molecule has 0 aliphatic heterocycles. The number of carbonyl (C=O) groups is 1. The van der Waals surface area contributed by atoms with Crippen LogP contribution in [0.3, 0.4) is 0 Å². The second-order valence-electron chi connectivity index (χ2n) is 6.35. The number of methoxy groups -OCH3 is 3. The van der Waals surface area contributed by atoms with Crippen LogP contribution in [0.2, 0.25) is 0 Å². The van der Waals surface area contributed by atoms with E-state index in [0.717, 1.165) is 0 Å². The maximum atomic E-state index is 12.8. The van der Waals surface area contributed by atoms with Gasteiger partial charge in [0.2, 0.25) is 15.9 Å². The molecule has 0 saturated heterocycles. The lowest BCUT2D eigenvalue weighted by molar-refractivity contribution is -0.115. The smallest absolute Gasteiger partial charge is 0.243 e. The molecule has 2 aromatic carbocycles. The van der Waals surface area contributed by atoms with E-state index in [1.54, 1.807) is 39.2 Å². The normalized spacial score (nSPS) is 11.3. The van der Waals surface area contributed by atoms with Crippen LogP contribution in [0.4, 0.5) is 5.69 Å². The molecule has 0 aromatic heterocycles. The fourth-order valence-corrected chi connectivity index (χ4v) is 4.51. The van der Waals surface area contributed by atoms with Gasteiger partial charge in [-0.2, -0.15) is 4.31 Å². The minimum absolute atomic E-state index is 0.0311. The van der Waals surface area contributed by atoms with Gasteiger partial charge in [0.25, 0.3) is 0 Å². The number of nitrogens with zero attached hydrogens (tertiary/aromatic N) is 1.